The predicted octanol–water partition coefficient (Wildman–Crippen LogP) is -1.57. The fraction of sp³-hybridized carbons (Fsp3) is 0.500. The summed E-state index contributed by atoms with van der Waals surface area (Å²) in [7, 11) is 0. The molecule has 5 heteroatoms. The molecule has 0 spiro atoms. The van der Waals surface area contributed by atoms with E-state index in [-0.39, 0.29) is 48.3 Å². The minimum Gasteiger partial charge on any atom is -0.550 e. The molecule has 110 valence electrons. The second-order valence-corrected chi connectivity index (χ2v) is 5.84. The van der Waals surface area contributed by atoms with E-state index in [4.69, 9.17) is 0 Å². The molecule has 21 heavy (non-hydrogen) atoms. The maximum Gasteiger partial charge on any atom is 1.00 e. The molecular formula is C16H22NNaO3. The summed E-state index contributed by atoms with van der Waals surface area (Å²) in [6, 6.07) is 8.07. The molecule has 1 N–H and O–H groups in total. The van der Waals surface area contributed by atoms with Crippen molar-refractivity contribution in [1.29, 1.82) is 0 Å². The van der Waals surface area contributed by atoms with E-state index in [1.807, 2.05) is 24.3 Å². The Hall–Kier alpha value is -0.840. The molecule has 0 atom stereocenters. The summed E-state index contributed by atoms with van der Waals surface area (Å²) in [5, 5.41) is 13.4. The largest absolute Gasteiger partial charge is 1.00 e. The van der Waals surface area contributed by atoms with Crippen molar-refractivity contribution in [2.24, 2.45) is 5.41 Å². The molecule has 0 bridgehead atoms. The summed E-state index contributed by atoms with van der Waals surface area (Å²) in [6.07, 6.45) is 1.05. The smallest absolute Gasteiger partial charge is 0.550 e. The van der Waals surface area contributed by atoms with Gasteiger partial charge in [0.1, 0.15) is 0 Å². The van der Waals surface area contributed by atoms with Crippen LogP contribution in [-0.4, -0.2) is 11.9 Å². The van der Waals surface area contributed by atoms with Gasteiger partial charge in [-0.2, -0.15) is 0 Å². The van der Waals surface area contributed by atoms with Gasteiger partial charge in [0.25, 0.3) is 0 Å². The van der Waals surface area contributed by atoms with Crippen LogP contribution in [0.3, 0.4) is 0 Å². The van der Waals surface area contributed by atoms with Crippen molar-refractivity contribution in [2.45, 2.75) is 46.6 Å². The van der Waals surface area contributed by atoms with Gasteiger partial charge in [-0.15, -0.1) is 0 Å². The first-order valence-corrected chi connectivity index (χ1v) is 6.87. The zero-order chi connectivity index (χ0) is 15.2. The van der Waals surface area contributed by atoms with Crippen molar-refractivity contribution >= 4 is 11.9 Å². The monoisotopic (exact) mass is 299 g/mol. The summed E-state index contributed by atoms with van der Waals surface area (Å²) in [5.41, 5.74) is 1.71. The number of carbonyl (C=O) groups excluding carboxylic acids is 2. The van der Waals surface area contributed by atoms with Gasteiger partial charge in [-0.3, -0.25) is 4.79 Å². The molecule has 0 unspecified atom stereocenters. The topological polar surface area (TPSA) is 69.2 Å². The number of hydrogen-bond donors (Lipinski definition) is 1. The Balaban J connectivity index is 0.00000400. The molecule has 0 saturated carbocycles. The molecule has 1 rings (SSSR count). The van der Waals surface area contributed by atoms with Crippen molar-refractivity contribution in [1.82, 2.24) is 5.32 Å². The third-order valence-electron chi connectivity index (χ3n) is 3.18. The number of rotatable bonds is 7. The Bertz CT molecular complexity index is 469. The Morgan fingerprint density at radius 1 is 1.10 bits per heavy atom. The Morgan fingerprint density at radius 2 is 1.62 bits per heavy atom. The molecule has 0 aliphatic heterocycles. The van der Waals surface area contributed by atoms with Crippen LogP contribution in [0.2, 0.25) is 0 Å². The molecule has 0 aliphatic rings. The van der Waals surface area contributed by atoms with Crippen molar-refractivity contribution in [3.8, 4) is 0 Å². The van der Waals surface area contributed by atoms with Gasteiger partial charge in [-0.05, 0) is 29.4 Å². The van der Waals surface area contributed by atoms with Crippen LogP contribution >= 0.6 is 0 Å². The summed E-state index contributed by atoms with van der Waals surface area (Å²) >= 11 is 0. The first kappa shape index (κ1) is 20.2. The van der Waals surface area contributed by atoms with Crippen LogP contribution in [0.15, 0.2) is 24.3 Å². The summed E-state index contributed by atoms with van der Waals surface area (Å²) in [4.78, 5) is 22.4. The van der Waals surface area contributed by atoms with Crippen LogP contribution in [0.1, 0.15) is 44.7 Å². The molecule has 1 aromatic carbocycles. The van der Waals surface area contributed by atoms with Crippen LogP contribution in [-0.2, 0) is 22.6 Å². The summed E-state index contributed by atoms with van der Waals surface area (Å²) in [6.45, 7) is 6.05. The number of hydrogen-bond acceptors (Lipinski definition) is 3. The SMILES string of the molecule is CCc1ccc(CNC(=O)CC(C)(C)CC(=O)[O-])cc1.[Na+]. The average molecular weight is 299 g/mol. The Morgan fingerprint density at radius 3 is 2.10 bits per heavy atom. The summed E-state index contributed by atoms with van der Waals surface area (Å²) < 4.78 is 0. The van der Waals surface area contributed by atoms with Gasteiger partial charge in [-0.1, -0.05) is 45.0 Å². The third-order valence-corrected chi connectivity index (χ3v) is 3.18. The van der Waals surface area contributed by atoms with Crippen molar-refractivity contribution in [3.05, 3.63) is 35.4 Å². The van der Waals surface area contributed by atoms with Crippen LogP contribution in [0.4, 0.5) is 0 Å². The number of aryl methyl sites for hydroxylation is 1. The number of carboxylic acids is 1. The minimum absolute atomic E-state index is 0. The van der Waals surface area contributed by atoms with E-state index < -0.39 is 11.4 Å². The molecule has 0 heterocycles. The fourth-order valence-corrected chi connectivity index (χ4v) is 2.04. The first-order valence-electron chi connectivity index (χ1n) is 6.87. The van der Waals surface area contributed by atoms with Crippen molar-refractivity contribution in [3.63, 3.8) is 0 Å². The normalized spacial score (nSPS) is 10.6. The summed E-state index contributed by atoms with van der Waals surface area (Å²) in [5.74, 6) is -1.27. The second kappa shape index (κ2) is 9.23. The van der Waals surface area contributed by atoms with E-state index in [0.717, 1.165) is 12.0 Å². The predicted molar refractivity (Wildman–Crippen MR) is 75.7 cm³/mol. The zero-order valence-electron chi connectivity index (χ0n) is 13.4. The van der Waals surface area contributed by atoms with E-state index in [2.05, 4.69) is 12.2 Å². The molecule has 4 nitrogen and oxygen atoms in total. The van der Waals surface area contributed by atoms with E-state index in [1.165, 1.54) is 5.56 Å². The number of carboxylic acid groups (broad SMARTS) is 1. The number of amides is 1. The van der Waals surface area contributed by atoms with Crippen LogP contribution in [0.5, 0.6) is 0 Å². The van der Waals surface area contributed by atoms with Crippen molar-refractivity contribution in [2.75, 3.05) is 0 Å². The number of carbonyl (C=O) groups is 2. The van der Waals surface area contributed by atoms with Gasteiger partial charge in [0.15, 0.2) is 0 Å². The van der Waals surface area contributed by atoms with Gasteiger partial charge in [0, 0.05) is 18.9 Å². The van der Waals surface area contributed by atoms with Gasteiger partial charge in [0.05, 0.1) is 0 Å². The van der Waals surface area contributed by atoms with Gasteiger partial charge in [-0.25, -0.2) is 0 Å². The second-order valence-electron chi connectivity index (χ2n) is 5.84. The van der Waals surface area contributed by atoms with E-state index in [9.17, 15) is 14.7 Å². The first-order chi connectivity index (χ1) is 9.32. The van der Waals surface area contributed by atoms with E-state index in [0.29, 0.717) is 6.54 Å². The molecular weight excluding hydrogens is 277 g/mol. The van der Waals surface area contributed by atoms with Gasteiger partial charge < -0.3 is 15.2 Å². The van der Waals surface area contributed by atoms with Crippen molar-refractivity contribution < 1.29 is 44.3 Å². The number of benzene rings is 1. The number of nitrogens with one attached hydrogen (secondary N) is 1. The zero-order valence-corrected chi connectivity index (χ0v) is 15.4. The third kappa shape index (κ3) is 8.24. The fourth-order valence-electron chi connectivity index (χ4n) is 2.04. The average Bonchev–Trinajstić information content (AvgIpc) is 2.34. The molecule has 0 fully saturated rings. The van der Waals surface area contributed by atoms with Gasteiger partial charge in [0.2, 0.25) is 5.91 Å². The van der Waals surface area contributed by atoms with Gasteiger partial charge >= 0.3 is 29.6 Å². The molecule has 0 saturated heterocycles. The molecule has 1 amide bonds. The molecule has 0 radical (unpaired) electrons. The van der Waals surface area contributed by atoms with Crippen LogP contribution < -0.4 is 40.0 Å². The Labute approximate surface area is 148 Å². The van der Waals surface area contributed by atoms with Crippen LogP contribution in [0.25, 0.3) is 0 Å². The van der Waals surface area contributed by atoms with Crippen LogP contribution in [0, 0.1) is 5.41 Å². The minimum atomic E-state index is -1.13. The number of aliphatic carboxylic acids is 1. The molecule has 1 aromatic rings. The Kier molecular flexibility index (Phi) is 8.86. The van der Waals surface area contributed by atoms with E-state index in [1.54, 1.807) is 13.8 Å². The molecule has 0 aliphatic carbocycles. The quantitative estimate of drug-likeness (QED) is 0.618. The van der Waals surface area contributed by atoms with E-state index >= 15 is 0 Å². The molecule has 0 aromatic heterocycles. The maximum absolute atomic E-state index is 11.8. The maximum atomic E-state index is 11.8. The standard InChI is InChI=1S/C16H23NO3.Na/c1-4-12-5-7-13(8-6-12)11-17-14(18)9-16(2,3)10-15(19)20;/h5-8H,4,9-11H2,1-3H3,(H,17,18)(H,19,20);/q;+1/p-1.